The first-order valence-corrected chi connectivity index (χ1v) is 8.16. The van der Waals surface area contributed by atoms with Gasteiger partial charge in [0.05, 0.1) is 12.2 Å². The summed E-state index contributed by atoms with van der Waals surface area (Å²) in [6, 6.07) is 16.8. The minimum absolute atomic E-state index is 0.0869. The predicted molar refractivity (Wildman–Crippen MR) is 94.9 cm³/mol. The van der Waals surface area contributed by atoms with Gasteiger partial charge in [0.15, 0.2) is 0 Å². The normalized spacial score (nSPS) is 10.7. The number of nitrogens with zero attached hydrogens (tertiary/aromatic N) is 3. The van der Waals surface area contributed by atoms with Gasteiger partial charge in [-0.15, -0.1) is 0 Å². The van der Waals surface area contributed by atoms with E-state index >= 15 is 0 Å². The van der Waals surface area contributed by atoms with E-state index in [1.54, 1.807) is 18.2 Å². The third-order valence-corrected chi connectivity index (χ3v) is 3.86. The third-order valence-electron chi connectivity index (χ3n) is 3.86. The molecule has 0 aliphatic heterocycles. The number of carbonyl (C=O) groups is 1. The highest BCUT2D eigenvalue weighted by Crippen LogP contribution is 2.18. The number of benzene rings is 2. The summed E-state index contributed by atoms with van der Waals surface area (Å²) in [4.78, 5) is 16.5. The van der Waals surface area contributed by atoms with Crippen molar-refractivity contribution in [2.75, 3.05) is 0 Å². The smallest absolute Gasteiger partial charge is 0.269 e. The molecule has 0 saturated heterocycles. The largest absolute Gasteiger partial charge is 0.342 e. The Morgan fingerprint density at radius 3 is 2.63 bits per heavy atom. The van der Waals surface area contributed by atoms with Crippen LogP contribution in [0.2, 0.25) is 0 Å². The minimum atomic E-state index is -0.365. The first kappa shape index (κ1) is 16.6. The molecule has 1 amide bonds. The van der Waals surface area contributed by atoms with E-state index in [9.17, 15) is 9.18 Å². The second-order valence-electron chi connectivity index (χ2n) is 5.73. The van der Waals surface area contributed by atoms with Crippen LogP contribution in [-0.2, 0) is 6.54 Å². The standard InChI is InChI=1S/C19H14FN5O2/c20-14-8-6-12(7-9-14)15-10-16(24-23-15)19(26)21-11-17-22-18(25-27-17)13-4-2-1-3-5-13/h1-10H,11H2,(H,21,26)(H,23,24). The van der Waals surface area contributed by atoms with Crippen LogP contribution in [0.1, 0.15) is 16.4 Å². The number of hydrogen-bond donors (Lipinski definition) is 2. The molecule has 0 aliphatic carbocycles. The fourth-order valence-corrected chi connectivity index (χ4v) is 2.49. The van der Waals surface area contributed by atoms with Gasteiger partial charge in [0.25, 0.3) is 5.91 Å². The molecule has 0 atom stereocenters. The van der Waals surface area contributed by atoms with Crippen molar-refractivity contribution in [3.8, 4) is 22.6 Å². The second kappa shape index (κ2) is 7.20. The molecule has 0 fully saturated rings. The topological polar surface area (TPSA) is 96.7 Å². The van der Waals surface area contributed by atoms with Crippen molar-refractivity contribution in [1.82, 2.24) is 25.7 Å². The van der Waals surface area contributed by atoms with E-state index in [1.807, 2.05) is 30.3 Å². The fourth-order valence-electron chi connectivity index (χ4n) is 2.49. The van der Waals surface area contributed by atoms with Crippen molar-refractivity contribution in [1.29, 1.82) is 0 Å². The lowest BCUT2D eigenvalue weighted by atomic mass is 10.1. The van der Waals surface area contributed by atoms with Crippen LogP contribution >= 0.6 is 0 Å². The Hall–Kier alpha value is -3.81. The van der Waals surface area contributed by atoms with Gasteiger partial charge >= 0.3 is 0 Å². The molecule has 2 heterocycles. The van der Waals surface area contributed by atoms with E-state index in [-0.39, 0.29) is 24.0 Å². The van der Waals surface area contributed by atoms with E-state index in [1.165, 1.54) is 12.1 Å². The van der Waals surface area contributed by atoms with Crippen LogP contribution in [0.5, 0.6) is 0 Å². The number of halogens is 1. The van der Waals surface area contributed by atoms with Crippen LogP contribution in [-0.4, -0.2) is 26.2 Å². The van der Waals surface area contributed by atoms with Crippen LogP contribution in [0.25, 0.3) is 22.6 Å². The van der Waals surface area contributed by atoms with Crippen LogP contribution in [0, 0.1) is 5.82 Å². The molecule has 27 heavy (non-hydrogen) atoms. The number of amides is 1. The Labute approximate surface area is 153 Å². The zero-order valence-corrected chi connectivity index (χ0v) is 14.0. The van der Waals surface area contributed by atoms with E-state index in [2.05, 4.69) is 25.7 Å². The Kier molecular flexibility index (Phi) is 4.44. The zero-order chi connectivity index (χ0) is 18.6. The number of carbonyl (C=O) groups excluding carboxylic acids is 1. The minimum Gasteiger partial charge on any atom is -0.342 e. The van der Waals surface area contributed by atoms with Crippen molar-refractivity contribution < 1.29 is 13.7 Å². The van der Waals surface area contributed by atoms with Gasteiger partial charge in [-0.2, -0.15) is 10.1 Å². The lowest BCUT2D eigenvalue weighted by Gasteiger charge is -1.98. The summed E-state index contributed by atoms with van der Waals surface area (Å²) >= 11 is 0. The average Bonchev–Trinajstić information content (AvgIpc) is 3.37. The lowest BCUT2D eigenvalue weighted by molar-refractivity contribution is 0.0941. The Balaban J connectivity index is 1.40. The molecule has 2 aromatic carbocycles. The summed E-state index contributed by atoms with van der Waals surface area (Å²) in [6.45, 7) is 0.0869. The fraction of sp³-hybridized carbons (Fsp3) is 0.0526. The molecule has 4 rings (SSSR count). The molecule has 0 spiro atoms. The van der Waals surface area contributed by atoms with E-state index in [0.717, 1.165) is 5.56 Å². The summed E-state index contributed by atoms with van der Waals surface area (Å²) in [5.41, 5.74) is 2.36. The van der Waals surface area contributed by atoms with Gasteiger partial charge in [0.2, 0.25) is 11.7 Å². The Morgan fingerprint density at radius 2 is 1.85 bits per heavy atom. The van der Waals surface area contributed by atoms with Gasteiger partial charge in [0, 0.05) is 11.1 Å². The van der Waals surface area contributed by atoms with Gasteiger partial charge in [-0.1, -0.05) is 35.5 Å². The maximum absolute atomic E-state index is 13.0. The lowest BCUT2D eigenvalue weighted by Crippen LogP contribution is -2.23. The molecule has 0 radical (unpaired) electrons. The van der Waals surface area contributed by atoms with Crippen molar-refractivity contribution in [3.05, 3.63) is 78.1 Å². The predicted octanol–water partition coefficient (Wildman–Crippen LogP) is 3.20. The number of aromatic amines is 1. The maximum atomic E-state index is 13.0. The van der Waals surface area contributed by atoms with Crippen LogP contribution in [0.15, 0.2) is 65.2 Å². The summed E-state index contributed by atoms with van der Waals surface area (Å²) < 4.78 is 18.1. The molecular formula is C19H14FN5O2. The number of aromatic nitrogens is 4. The molecule has 8 heteroatoms. The summed E-state index contributed by atoms with van der Waals surface area (Å²) in [7, 11) is 0. The number of H-pyrrole nitrogens is 1. The van der Waals surface area contributed by atoms with Crippen LogP contribution < -0.4 is 5.32 Å². The molecule has 0 aliphatic rings. The molecule has 2 N–H and O–H groups in total. The number of hydrogen-bond acceptors (Lipinski definition) is 5. The van der Waals surface area contributed by atoms with Crippen LogP contribution in [0.4, 0.5) is 4.39 Å². The quantitative estimate of drug-likeness (QED) is 0.568. The SMILES string of the molecule is O=C(NCc1nc(-c2ccccc2)no1)c1cc(-c2ccc(F)cc2)n[nH]1. The highest BCUT2D eigenvalue weighted by atomic mass is 19.1. The molecule has 134 valence electrons. The van der Waals surface area contributed by atoms with Crippen molar-refractivity contribution >= 4 is 5.91 Å². The second-order valence-corrected chi connectivity index (χ2v) is 5.73. The van der Waals surface area contributed by atoms with Gasteiger partial charge < -0.3 is 9.84 Å². The first-order chi connectivity index (χ1) is 13.2. The van der Waals surface area contributed by atoms with Gasteiger partial charge in [0.1, 0.15) is 11.5 Å². The first-order valence-electron chi connectivity index (χ1n) is 8.16. The highest BCUT2D eigenvalue weighted by Gasteiger charge is 2.13. The summed E-state index contributed by atoms with van der Waals surface area (Å²) in [5, 5.41) is 13.3. The Morgan fingerprint density at radius 1 is 1.07 bits per heavy atom. The molecule has 0 bridgehead atoms. The van der Waals surface area contributed by atoms with Crippen molar-refractivity contribution in [2.24, 2.45) is 0 Å². The maximum Gasteiger partial charge on any atom is 0.269 e. The zero-order valence-electron chi connectivity index (χ0n) is 14.0. The Bertz CT molecular complexity index is 1060. The van der Waals surface area contributed by atoms with Gasteiger partial charge in [-0.3, -0.25) is 9.89 Å². The van der Waals surface area contributed by atoms with Gasteiger partial charge in [-0.05, 0) is 30.3 Å². The number of nitrogens with one attached hydrogen (secondary N) is 2. The summed E-state index contributed by atoms with van der Waals surface area (Å²) in [6.07, 6.45) is 0. The molecular weight excluding hydrogens is 349 g/mol. The monoisotopic (exact) mass is 363 g/mol. The highest BCUT2D eigenvalue weighted by molar-refractivity contribution is 5.93. The van der Waals surface area contributed by atoms with Gasteiger partial charge in [-0.25, -0.2) is 4.39 Å². The summed E-state index contributed by atoms with van der Waals surface area (Å²) in [5.74, 6) is 0.0532. The van der Waals surface area contributed by atoms with E-state index in [4.69, 9.17) is 4.52 Å². The molecule has 2 aromatic heterocycles. The van der Waals surface area contributed by atoms with E-state index in [0.29, 0.717) is 23.0 Å². The number of rotatable bonds is 5. The molecule has 7 nitrogen and oxygen atoms in total. The van der Waals surface area contributed by atoms with Crippen molar-refractivity contribution in [2.45, 2.75) is 6.54 Å². The van der Waals surface area contributed by atoms with E-state index < -0.39 is 0 Å². The van der Waals surface area contributed by atoms with Crippen LogP contribution in [0.3, 0.4) is 0 Å². The molecule has 0 saturated carbocycles. The molecule has 0 unspecified atom stereocenters. The average molecular weight is 363 g/mol. The third kappa shape index (κ3) is 3.74. The molecule has 4 aromatic rings. The van der Waals surface area contributed by atoms with Crippen molar-refractivity contribution in [3.63, 3.8) is 0 Å².